The first-order valence-corrected chi connectivity index (χ1v) is 8.56. The third-order valence-electron chi connectivity index (χ3n) is 3.60. The zero-order valence-corrected chi connectivity index (χ0v) is 16.2. The van der Waals surface area contributed by atoms with E-state index >= 15 is 0 Å². The molecule has 2 unspecified atom stereocenters. The van der Waals surface area contributed by atoms with Crippen LogP contribution in [0.25, 0.3) is 0 Å². The minimum Gasteiger partial charge on any atom is -0.376 e. The minimum absolute atomic E-state index is 0. The van der Waals surface area contributed by atoms with Crippen LogP contribution in [0.4, 0.5) is 0 Å². The second kappa shape index (κ2) is 10.1. The van der Waals surface area contributed by atoms with Crippen LogP contribution in [-0.4, -0.2) is 62.0 Å². The third-order valence-corrected chi connectivity index (χ3v) is 5.12. The number of nitrogens with one attached hydrogen (secondary N) is 2. The number of ether oxygens (including phenoxy) is 2. The highest BCUT2D eigenvalue weighted by molar-refractivity contribution is 14.0. The van der Waals surface area contributed by atoms with Crippen LogP contribution in [0.5, 0.6) is 0 Å². The van der Waals surface area contributed by atoms with Crippen molar-refractivity contribution in [3.05, 3.63) is 0 Å². The van der Waals surface area contributed by atoms with Crippen molar-refractivity contribution in [1.29, 1.82) is 0 Å². The first-order valence-electron chi connectivity index (χ1n) is 7.57. The van der Waals surface area contributed by atoms with E-state index < -0.39 is 0 Å². The van der Waals surface area contributed by atoms with E-state index in [4.69, 9.17) is 14.5 Å². The van der Waals surface area contributed by atoms with E-state index in [0.29, 0.717) is 24.6 Å². The molecule has 2 heterocycles. The Kier molecular flexibility index (Phi) is 9.31. The number of nitrogens with zero attached hydrogens (tertiary/aromatic N) is 1. The Morgan fingerprint density at radius 3 is 2.86 bits per heavy atom. The zero-order valence-electron chi connectivity index (χ0n) is 13.0. The zero-order chi connectivity index (χ0) is 14.3. The van der Waals surface area contributed by atoms with E-state index in [0.717, 1.165) is 25.6 Å². The Bertz CT molecular complexity index is 319. The van der Waals surface area contributed by atoms with Crippen molar-refractivity contribution in [2.45, 2.75) is 37.5 Å². The standard InChI is InChI=1S/C14H27N3O2S.HI/c1-3-15-13(16-9-12-10-18-6-7-19-12)17-11-14(2)5-4-8-20-14;/h12H,3-11H2,1-2H3,(H2,15,16,17);1H. The van der Waals surface area contributed by atoms with Gasteiger partial charge in [0.2, 0.25) is 0 Å². The van der Waals surface area contributed by atoms with Gasteiger partial charge in [0.15, 0.2) is 5.96 Å². The van der Waals surface area contributed by atoms with Gasteiger partial charge in [-0.15, -0.1) is 24.0 Å². The highest BCUT2D eigenvalue weighted by atomic mass is 127. The van der Waals surface area contributed by atoms with Gasteiger partial charge in [0, 0.05) is 17.8 Å². The largest absolute Gasteiger partial charge is 0.376 e. The molecule has 0 spiro atoms. The van der Waals surface area contributed by atoms with Crippen LogP contribution < -0.4 is 10.6 Å². The van der Waals surface area contributed by atoms with Gasteiger partial charge in [0.25, 0.3) is 0 Å². The SMILES string of the molecule is CCNC(=NCC1(C)CCCS1)NCC1COCCO1.I. The van der Waals surface area contributed by atoms with E-state index in [2.05, 4.69) is 24.5 Å². The van der Waals surface area contributed by atoms with Crippen molar-refractivity contribution >= 4 is 41.7 Å². The Morgan fingerprint density at radius 1 is 1.38 bits per heavy atom. The fourth-order valence-corrected chi connectivity index (χ4v) is 3.64. The molecule has 0 aromatic rings. The van der Waals surface area contributed by atoms with Gasteiger partial charge in [-0.25, -0.2) is 0 Å². The van der Waals surface area contributed by atoms with Gasteiger partial charge in [0.05, 0.1) is 32.5 Å². The fraction of sp³-hybridized carbons (Fsp3) is 0.929. The predicted molar refractivity (Wildman–Crippen MR) is 100 cm³/mol. The number of thioether (sulfide) groups is 1. The molecular formula is C14H28IN3O2S. The molecule has 2 rings (SSSR count). The van der Waals surface area contributed by atoms with Crippen molar-refractivity contribution in [1.82, 2.24) is 10.6 Å². The van der Waals surface area contributed by atoms with Crippen LogP contribution in [0.1, 0.15) is 26.7 Å². The molecule has 0 radical (unpaired) electrons. The number of hydrogen-bond donors (Lipinski definition) is 2. The van der Waals surface area contributed by atoms with Crippen molar-refractivity contribution in [3.63, 3.8) is 0 Å². The lowest BCUT2D eigenvalue weighted by Gasteiger charge is -2.25. The molecular weight excluding hydrogens is 401 g/mol. The fourth-order valence-electron chi connectivity index (χ4n) is 2.41. The molecule has 124 valence electrons. The second-order valence-electron chi connectivity index (χ2n) is 5.55. The molecule has 0 bridgehead atoms. The summed E-state index contributed by atoms with van der Waals surface area (Å²) >= 11 is 2.04. The molecule has 2 atom stereocenters. The lowest BCUT2D eigenvalue weighted by atomic mass is 10.1. The van der Waals surface area contributed by atoms with Crippen LogP contribution in [0.15, 0.2) is 4.99 Å². The monoisotopic (exact) mass is 429 g/mol. The van der Waals surface area contributed by atoms with Crippen LogP contribution in [0.3, 0.4) is 0 Å². The first kappa shape index (κ1) is 19.3. The topological polar surface area (TPSA) is 54.9 Å². The lowest BCUT2D eigenvalue weighted by Crippen LogP contribution is -2.45. The number of hydrogen-bond acceptors (Lipinski definition) is 4. The van der Waals surface area contributed by atoms with Crippen LogP contribution in [-0.2, 0) is 9.47 Å². The van der Waals surface area contributed by atoms with Crippen molar-refractivity contribution in [2.24, 2.45) is 4.99 Å². The average molecular weight is 429 g/mol. The summed E-state index contributed by atoms with van der Waals surface area (Å²) in [6.07, 6.45) is 2.71. The quantitative estimate of drug-likeness (QED) is 0.397. The lowest BCUT2D eigenvalue weighted by molar-refractivity contribution is -0.0850. The number of rotatable bonds is 5. The Hall–Kier alpha value is 0.270. The molecule has 0 aliphatic carbocycles. The maximum Gasteiger partial charge on any atom is 0.191 e. The molecule has 7 heteroatoms. The summed E-state index contributed by atoms with van der Waals surface area (Å²) in [5, 5.41) is 6.65. The van der Waals surface area contributed by atoms with E-state index in [-0.39, 0.29) is 30.1 Å². The van der Waals surface area contributed by atoms with Gasteiger partial charge in [-0.05, 0) is 32.4 Å². The van der Waals surface area contributed by atoms with Gasteiger partial charge in [-0.2, -0.15) is 11.8 Å². The van der Waals surface area contributed by atoms with Crippen LogP contribution in [0, 0.1) is 0 Å². The summed E-state index contributed by atoms with van der Waals surface area (Å²) < 4.78 is 11.3. The summed E-state index contributed by atoms with van der Waals surface area (Å²) in [5.41, 5.74) is 0. The molecule has 2 fully saturated rings. The molecule has 2 aliphatic heterocycles. The van der Waals surface area contributed by atoms with Crippen molar-refractivity contribution in [3.8, 4) is 0 Å². The Morgan fingerprint density at radius 2 is 2.24 bits per heavy atom. The van der Waals surface area contributed by atoms with E-state index in [1.54, 1.807) is 0 Å². The number of aliphatic imine (C=N–C) groups is 1. The van der Waals surface area contributed by atoms with Crippen LogP contribution >= 0.6 is 35.7 Å². The van der Waals surface area contributed by atoms with E-state index in [9.17, 15) is 0 Å². The Labute approximate surface area is 149 Å². The summed E-state index contributed by atoms with van der Waals surface area (Å²) in [5.74, 6) is 2.15. The maximum atomic E-state index is 5.63. The van der Waals surface area contributed by atoms with Gasteiger partial charge < -0.3 is 20.1 Å². The molecule has 0 aromatic carbocycles. The van der Waals surface area contributed by atoms with Crippen molar-refractivity contribution < 1.29 is 9.47 Å². The molecule has 2 saturated heterocycles. The molecule has 2 aliphatic rings. The third kappa shape index (κ3) is 6.92. The van der Waals surface area contributed by atoms with Gasteiger partial charge in [-0.3, -0.25) is 4.99 Å². The average Bonchev–Trinajstić information content (AvgIpc) is 2.90. The van der Waals surface area contributed by atoms with Crippen LogP contribution in [0.2, 0.25) is 0 Å². The summed E-state index contributed by atoms with van der Waals surface area (Å²) in [6.45, 7) is 8.96. The summed E-state index contributed by atoms with van der Waals surface area (Å²) in [6, 6.07) is 0. The second-order valence-corrected chi connectivity index (χ2v) is 7.23. The molecule has 0 aromatic heterocycles. The van der Waals surface area contributed by atoms with Gasteiger partial charge >= 0.3 is 0 Å². The molecule has 5 nitrogen and oxygen atoms in total. The van der Waals surface area contributed by atoms with Gasteiger partial charge in [0.1, 0.15) is 0 Å². The normalized spacial score (nSPS) is 29.8. The first-order chi connectivity index (χ1) is 9.72. The minimum atomic E-state index is 0. The van der Waals surface area contributed by atoms with Gasteiger partial charge in [-0.1, -0.05) is 0 Å². The summed E-state index contributed by atoms with van der Waals surface area (Å²) in [4.78, 5) is 4.73. The molecule has 0 saturated carbocycles. The smallest absolute Gasteiger partial charge is 0.191 e. The van der Waals surface area contributed by atoms with Crippen molar-refractivity contribution in [2.75, 3.05) is 45.2 Å². The van der Waals surface area contributed by atoms with E-state index in [1.165, 1.54) is 18.6 Å². The summed E-state index contributed by atoms with van der Waals surface area (Å²) in [7, 11) is 0. The molecule has 2 N–H and O–H groups in total. The molecule has 21 heavy (non-hydrogen) atoms. The number of halogens is 1. The maximum absolute atomic E-state index is 5.63. The highest BCUT2D eigenvalue weighted by Gasteiger charge is 2.29. The highest BCUT2D eigenvalue weighted by Crippen LogP contribution is 2.37. The predicted octanol–water partition coefficient (Wildman–Crippen LogP) is 1.86. The number of guanidine groups is 1. The Balaban J connectivity index is 0.00000220. The molecule has 0 amide bonds. The van der Waals surface area contributed by atoms with E-state index in [1.807, 2.05) is 11.8 Å².